The molecular formula is C16H22N2O2S. The molecule has 0 aromatic heterocycles. The van der Waals surface area contributed by atoms with Crippen LogP contribution in [0.25, 0.3) is 0 Å². The number of carbonyl (C=O) groups excluding carboxylic acids is 1. The molecule has 1 amide bonds. The van der Waals surface area contributed by atoms with E-state index in [4.69, 9.17) is 22.7 Å². The first-order valence-electron chi connectivity index (χ1n) is 7.21. The molecule has 1 saturated heterocycles. The van der Waals surface area contributed by atoms with E-state index in [0.717, 1.165) is 5.56 Å². The summed E-state index contributed by atoms with van der Waals surface area (Å²) in [6.45, 7) is 5.04. The molecule has 0 saturated carbocycles. The van der Waals surface area contributed by atoms with E-state index in [1.54, 1.807) is 0 Å². The van der Waals surface area contributed by atoms with Crippen LogP contribution in [0.1, 0.15) is 36.9 Å². The van der Waals surface area contributed by atoms with Gasteiger partial charge in [0, 0.05) is 13.2 Å². The number of rotatable bonds is 4. The lowest BCUT2D eigenvalue weighted by Crippen LogP contribution is -2.52. The van der Waals surface area contributed by atoms with Gasteiger partial charge in [0.05, 0.1) is 11.0 Å². The van der Waals surface area contributed by atoms with Crippen LogP contribution < -0.4 is 11.1 Å². The number of aryl methyl sites for hydroxylation is 1. The van der Waals surface area contributed by atoms with Crippen molar-refractivity contribution in [2.75, 3.05) is 13.2 Å². The minimum Gasteiger partial charge on any atom is -0.392 e. The van der Waals surface area contributed by atoms with Crippen molar-refractivity contribution >= 4 is 23.1 Å². The van der Waals surface area contributed by atoms with Crippen LogP contribution >= 0.6 is 12.2 Å². The van der Waals surface area contributed by atoms with Crippen molar-refractivity contribution in [3.8, 4) is 0 Å². The first kappa shape index (κ1) is 15.9. The van der Waals surface area contributed by atoms with E-state index >= 15 is 0 Å². The van der Waals surface area contributed by atoms with Crippen LogP contribution in [0, 0.1) is 12.3 Å². The maximum Gasteiger partial charge on any atom is 0.233 e. The number of amides is 1. The van der Waals surface area contributed by atoms with Gasteiger partial charge in [0.15, 0.2) is 0 Å². The van der Waals surface area contributed by atoms with E-state index in [1.807, 2.05) is 38.1 Å². The summed E-state index contributed by atoms with van der Waals surface area (Å²) in [6, 6.07) is 8.05. The van der Waals surface area contributed by atoms with Gasteiger partial charge in [-0.2, -0.15) is 0 Å². The Morgan fingerprint density at radius 1 is 1.33 bits per heavy atom. The van der Waals surface area contributed by atoms with E-state index < -0.39 is 5.41 Å². The van der Waals surface area contributed by atoms with Crippen molar-refractivity contribution in [3.05, 3.63) is 35.4 Å². The molecule has 1 aromatic carbocycles. The predicted octanol–water partition coefficient (Wildman–Crippen LogP) is 2.26. The number of carbonyl (C=O) groups is 1. The van der Waals surface area contributed by atoms with Crippen molar-refractivity contribution in [1.82, 2.24) is 5.32 Å². The quantitative estimate of drug-likeness (QED) is 0.838. The molecule has 0 bridgehead atoms. The largest absolute Gasteiger partial charge is 0.392 e. The SMILES string of the molecule is Cc1ccc(C(C)NC(=O)C2(C(N)=S)CCOCC2)cc1. The summed E-state index contributed by atoms with van der Waals surface area (Å²) < 4.78 is 5.33. The molecule has 1 unspecified atom stereocenters. The molecule has 114 valence electrons. The number of benzene rings is 1. The Bertz CT molecular complexity index is 522. The summed E-state index contributed by atoms with van der Waals surface area (Å²) in [5.74, 6) is -0.0913. The normalized spacial score (nSPS) is 18.8. The van der Waals surface area contributed by atoms with Crippen LogP contribution in [0.2, 0.25) is 0 Å². The van der Waals surface area contributed by atoms with Crippen molar-refractivity contribution in [3.63, 3.8) is 0 Å². The van der Waals surface area contributed by atoms with E-state index in [-0.39, 0.29) is 16.9 Å². The molecule has 21 heavy (non-hydrogen) atoms. The average Bonchev–Trinajstić information content (AvgIpc) is 2.48. The third kappa shape index (κ3) is 3.41. The van der Waals surface area contributed by atoms with Crippen molar-refractivity contribution in [1.29, 1.82) is 0 Å². The molecule has 0 aliphatic carbocycles. The number of hydrogen-bond acceptors (Lipinski definition) is 3. The van der Waals surface area contributed by atoms with E-state index in [2.05, 4.69) is 5.32 Å². The first-order chi connectivity index (χ1) is 9.95. The van der Waals surface area contributed by atoms with Gasteiger partial charge in [0.2, 0.25) is 5.91 Å². The first-order valence-corrected chi connectivity index (χ1v) is 7.62. The highest BCUT2D eigenvalue weighted by Gasteiger charge is 2.43. The third-order valence-corrected chi connectivity index (χ3v) is 4.57. The van der Waals surface area contributed by atoms with Crippen LogP contribution in [-0.4, -0.2) is 24.1 Å². The Balaban J connectivity index is 2.11. The van der Waals surface area contributed by atoms with E-state index in [0.29, 0.717) is 26.1 Å². The molecule has 4 nitrogen and oxygen atoms in total. The van der Waals surface area contributed by atoms with Crippen LogP contribution in [0.3, 0.4) is 0 Å². The zero-order valence-electron chi connectivity index (χ0n) is 12.5. The monoisotopic (exact) mass is 306 g/mol. The summed E-state index contributed by atoms with van der Waals surface area (Å²) in [5, 5.41) is 3.05. The summed E-state index contributed by atoms with van der Waals surface area (Å²) in [5.41, 5.74) is 7.35. The Morgan fingerprint density at radius 3 is 2.43 bits per heavy atom. The fourth-order valence-electron chi connectivity index (χ4n) is 2.58. The Labute approximate surface area is 131 Å². The maximum atomic E-state index is 12.7. The molecule has 0 spiro atoms. The lowest BCUT2D eigenvalue weighted by atomic mass is 9.79. The van der Waals surface area contributed by atoms with Crippen molar-refractivity contribution in [2.24, 2.45) is 11.1 Å². The van der Waals surface area contributed by atoms with Crippen LogP contribution in [-0.2, 0) is 9.53 Å². The summed E-state index contributed by atoms with van der Waals surface area (Å²) in [7, 11) is 0. The minimum atomic E-state index is -0.771. The number of ether oxygens (including phenoxy) is 1. The lowest BCUT2D eigenvalue weighted by Gasteiger charge is -2.35. The fourth-order valence-corrected chi connectivity index (χ4v) is 2.88. The third-order valence-electron chi connectivity index (χ3n) is 4.18. The van der Waals surface area contributed by atoms with Gasteiger partial charge in [-0.15, -0.1) is 0 Å². The van der Waals surface area contributed by atoms with E-state index in [9.17, 15) is 4.79 Å². The predicted molar refractivity (Wildman–Crippen MR) is 87.0 cm³/mol. The molecular weight excluding hydrogens is 284 g/mol. The van der Waals surface area contributed by atoms with Gasteiger partial charge < -0.3 is 15.8 Å². The van der Waals surface area contributed by atoms with Gasteiger partial charge in [-0.05, 0) is 32.3 Å². The standard InChI is InChI=1S/C16H22N2O2S/c1-11-3-5-13(6-4-11)12(2)18-15(19)16(14(17)21)7-9-20-10-8-16/h3-6,12H,7-10H2,1-2H3,(H2,17,21)(H,18,19). The Morgan fingerprint density at radius 2 is 1.90 bits per heavy atom. The van der Waals surface area contributed by atoms with E-state index in [1.165, 1.54) is 5.56 Å². The van der Waals surface area contributed by atoms with Gasteiger partial charge in [0.1, 0.15) is 5.41 Å². The number of thiocarbonyl (C=S) groups is 1. The van der Waals surface area contributed by atoms with Crippen LogP contribution in [0.4, 0.5) is 0 Å². The second-order valence-electron chi connectivity index (χ2n) is 5.66. The molecule has 1 atom stereocenters. The molecule has 1 aliphatic rings. The molecule has 0 radical (unpaired) electrons. The van der Waals surface area contributed by atoms with Crippen molar-refractivity contribution in [2.45, 2.75) is 32.7 Å². The van der Waals surface area contributed by atoms with Gasteiger partial charge in [-0.25, -0.2) is 0 Å². The van der Waals surface area contributed by atoms with Crippen LogP contribution in [0.5, 0.6) is 0 Å². The summed E-state index contributed by atoms with van der Waals surface area (Å²) in [4.78, 5) is 12.9. The van der Waals surface area contributed by atoms with Gasteiger partial charge in [0.25, 0.3) is 0 Å². The lowest BCUT2D eigenvalue weighted by molar-refractivity contribution is -0.132. The average molecular weight is 306 g/mol. The topological polar surface area (TPSA) is 64.4 Å². The molecule has 1 aliphatic heterocycles. The molecule has 5 heteroatoms. The minimum absolute atomic E-state index is 0.0767. The van der Waals surface area contributed by atoms with Gasteiger partial charge in [-0.3, -0.25) is 4.79 Å². The smallest absolute Gasteiger partial charge is 0.233 e. The summed E-state index contributed by atoms with van der Waals surface area (Å²) in [6.07, 6.45) is 1.10. The second-order valence-corrected chi connectivity index (χ2v) is 6.10. The number of nitrogens with two attached hydrogens (primary N) is 1. The highest BCUT2D eigenvalue weighted by molar-refractivity contribution is 7.80. The zero-order chi connectivity index (χ0) is 15.5. The van der Waals surface area contributed by atoms with Crippen molar-refractivity contribution < 1.29 is 9.53 Å². The molecule has 2 rings (SSSR count). The molecule has 1 fully saturated rings. The van der Waals surface area contributed by atoms with Gasteiger partial charge in [-0.1, -0.05) is 42.0 Å². The zero-order valence-corrected chi connectivity index (χ0v) is 13.3. The highest BCUT2D eigenvalue weighted by atomic mass is 32.1. The Kier molecular flexibility index (Phi) is 4.96. The molecule has 1 aromatic rings. The maximum absolute atomic E-state index is 12.7. The number of nitrogens with one attached hydrogen (secondary N) is 1. The highest BCUT2D eigenvalue weighted by Crippen LogP contribution is 2.32. The summed E-state index contributed by atoms with van der Waals surface area (Å²) >= 11 is 5.15. The molecule has 3 N–H and O–H groups in total. The van der Waals surface area contributed by atoms with Gasteiger partial charge >= 0.3 is 0 Å². The van der Waals surface area contributed by atoms with Crippen LogP contribution in [0.15, 0.2) is 24.3 Å². The Hall–Kier alpha value is -1.46. The molecule has 1 heterocycles. The fraction of sp³-hybridized carbons (Fsp3) is 0.500. The second kappa shape index (κ2) is 6.54. The number of hydrogen-bond donors (Lipinski definition) is 2.